The molecule has 2 heterocycles. The van der Waals surface area contributed by atoms with Crippen LogP contribution in [0.15, 0.2) is 36.7 Å². The van der Waals surface area contributed by atoms with Gasteiger partial charge in [-0.3, -0.25) is 9.48 Å². The molecular formula is C22H30N4O2. The summed E-state index contributed by atoms with van der Waals surface area (Å²) in [7, 11) is 2.03. The van der Waals surface area contributed by atoms with Gasteiger partial charge in [-0.25, -0.2) is 0 Å². The number of para-hydroxylation sites is 1. The van der Waals surface area contributed by atoms with Gasteiger partial charge >= 0.3 is 0 Å². The number of fused-ring (bicyclic) bond motifs is 1. The van der Waals surface area contributed by atoms with E-state index in [1.54, 1.807) is 0 Å². The van der Waals surface area contributed by atoms with Gasteiger partial charge in [0.05, 0.1) is 12.7 Å². The van der Waals surface area contributed by atoms with E-state index >= 15 is 0 Å². The molecule has 4 rings (SSSR count). The summed E-state index contributed by atoms with van der Waals surface area (Å²) in [5.41, 5.74) is 1.93. The first-order valence-corrected chi connectivity index (χ1v) is 10.3. The molecule has 1 aromatic heterocycles. The van der Waals surface area contributed by atoms with Crippen LogP contribution in [-0.2, 0) is 17.9 Å². The smallest absolute Gasteiger partial charge is 0.224 e. The average molecular weight is 383 g/mol. The summed E-state index contributed by atoms with van der Waals surface area (Å²) in [6, 6.07) is 8.70. The second-order valence-electron chi connectivity index (χ2n) is 8.24. The molecule has 1 aromatic carbocycles. The standard InChI is InChI=1S/C22H30N4O2/c1-17-13-24-26(14-17)12-9-21(27)25-15-18-5-3-4-6-20(18)28-22(16-25)10-7-19(23-2)8-11-22/h3-6,13-14,19,23H,7-12,15-16H2,1-2H3. The highest BCUT2D eigenvalue weighted by Gasteiger charge is 2.41. The lowest BCUT2D eigenvalue weighted by atomic mass is 9.81. The van der Waals surface area contributed by atoms with Gasteiger partial charge in [-0.1, -0.05) is 18.2 Å². The zero-order chi connectivity index (χ0) is 19.6. The highest BCUT2D eigenvalue weighted by atomic mass is 16.5. The first-order valence-electron chi connectivity index (χ1n) is 10.3. The predicted molar refractivity (Wildman–Crippen MR) is 108 cm³/mol. The molecule has 0 radical (unpaired) electrons. The lowest BCUT2D eigenvalue weighted by molar-refractivity contribution is -0.135. The Bertz CT molecular complexity index is 823. The summed E-state index contributed by atoms with van der Waals surface area (Å²) in [6.45, 7) is 3.90. The molecule has 1 aliphatic heterocycles. The second-order valence-corrected chi connectivity index (χ2v) is 8.24. The Labute approximate surface area is 166 Å². The van der Waals surface area contributed by atoms with Crippen molar-refractivity contribution in [1.29, 1.82) is 0 Å². The third-order valence-corrected chi connectivity index (χ3v) is 6.11. The number of carbonyl (C=O) groups is 1. The molecule has 0 atom stereocenters. The fraction of sp³-hybridized carbons (Fsp3) is 0.545. The minimum Gasteiger partial charge on any atom is -0.485 e. The maximum atomic E-state index is 13.1. The van der Waals surface area contributed by atoms with Crippen molar-refractivity contribution in [2.75, 3.05) is 13.6 Å². The Kier molecular flexibility index (Phi) is 5.40. The summed E-state index contributed by atoms with van der Waals surface area (Å²) in [5.74, 6) is 1.10. The fourth-order valence-electron chi connectivity index (χ4n) is 4.44. The third kappa shape index (κ3) is 4.07. The highest BCUT2D eigenvalue weighted by Crippen LogP contribution is 2.38. The van der Waals surface area contributed by atoms with Crippen LogP contribution >= 0.6 is 0 Å². The molecule has 0 bridgehead atoms. The number of hydrogen-bond acceptors (Lipinski definition) is 4. The number of nitrogens with zero attached hydrogens (tertiary/aromatic N) is 3. The van der Waals surface area contributed by atoms with Crippen LogP contribution in [0.1, 0.15) is 43.2 Å². The van der Waals surface area contributed by atoms with Crippen molar-refractivity contribution in [2.24, 2.45) is 0 Å². The van der Waals surface area contributed by atoms with Crippen molar-refractivity contribution in [2.45, 2.75) is 63.8 Å². The normalized spacial score (nSPS) is 24.5. The minimum atomic E-state index is -0.280. The molecule has 2 aliphatic rings. The summed E-state index contributed by atoms with van der Waals surface area (Å²) < 4.78 is 8.44. The molecule has 150 valence electrons. The van der Waals surface area contributed by atoms with E-state index in [0.29, 0.717) is 32.1 Å². The molecule has 28 heavy (non-hydrogen) atoms. The number of nitrogens with one attached hydrogen (secondary N) is 1. The van der Waals surface area contributed by atoms with E-state index in [0.717, 1.165) is 42.6 Å². The molecule has 0 saturated heterocycles. The zero-order valence-corrected chi connectivity index (χ0v) is 16.9. The van der Waals surface area contributed by atoms with Crippen LogP contribution < -0.4 is 10.1 Å². The maximum absolute atomic E-state index is 13.1. The number of aromatic nitrogens is 2. The maximum Gasteiger partial charge on any atom is 0.224 e. The largest absolute Gasteiger partial charge is 0.485 e. The summed E-state index contributed by atoms with van der Waals surface area (Å²) >= 11 is 0. The van der Waals surface area contributed by atoms with Crippen molar-refractivity contribution in [3.05, 3.63) is 47.8 Å². The van der Waals surface area contributed by atoms with E-state index in [-0.39, 0.29) is 11.5 Å². The van der Waals surface area contributed by atoms with Crippen molar-refractivity contribution < 1.29 is 9.53 Å². The van der Waals surface area contributed by atoms with Crippen LogP contribution in [-0.4, -0.2) is 45.8 Å². The van der Waals surface area contributed by atoms with E-state index < -0.39 is 0 Å². The molecule has 6 heteroatoms. The van der Waals surface area contributed by atoms with Crippen LogP contribution in [0.2, 0.25) is 0 Å². The number of carbonyl (C=O) groups excluding carboxylic acids is 1. The Balaban J connectivity index is 1.52. The average Bonchev–Trinajstić information content (AvgIpc) is 3.05. The lowest BCUT2D eigenvalue weighted by Gasteiger charge is -2.41. The topological polar surface area (TPSA) is 59.4 Å². The summed E-state index contributed by atoms with van der Waals surface area (Å²) in [5, 5.41) is 7.69. The Morgan fingerprint density at radius 2 is 2.11 bits per heavy atom. The Morgan fingerprint density at radius 1 is 1.32 bits per heavy atom. The quantitative estimate of drug-likeness (QED) is 0.883. The van der Waals surface area contributed by atoms with Gasteiger partial charge in [-0.05, 0) is 51.3 Å². The molecule has 1 amide bonds. The monoisotopic (exact) mass is 382 g/mol. The number of benzene rings is 1. The minimum absolute atomic E-state index is 0.170. The predicted octanol–water partition coefficient (Wildman–Crippen LogP) is 2.90. The number of ether oxygens (including phenoxy) is 1. The van der Waals surface area contributed by atoms with E-state index in [2.05, 4.69) is 16.5 Å². The van der Waals surface area contributed by atoms with Gasteiger partial charge in [0, 0.05) is 37.3 Å². The Morgan fingerprint density at radius 3 is 2.82 bits per heavy atom. The molecule has 1 saturated carbocycles. The summed E-state index contributed by atoms with van der Waals surface area (Å²) in [6.07, 6.45) is 8.35. The van der Waals surface area contributed by atoms with Crippen molar-refractivity contribution >= 4 is 5.91 Å². The van der Waals surface area contributed by atoms with Crippen LogP contribution in [0, 0.1) is 6.92 Å². The number of rotatable bonds is 4. The van der Waals surface area contributed by atoms with Crippen molar-refractivity contribution in [3.63, 3.8) is 0 Å². The van der Waals surface area contributed by atoms with Gasteiger partial charge in [0.15, 0.2) is 0 Å². The van der Waals surface area contributed by atoms with Crippen LogP contribution in [0.3, 0.4) is 0 Å². The number of amides is 1. The first kappa shape index (κ1) is 19.0. The van der Waals surface area contributed by atoms with Crippen LogP contribution in [0.5, 0.6) is 5.75 Å². The molecular weight excluding hydrogens is 352 g/mol. The van der Waals surface area contributed by atoms with Crippen LogP contribution in [0.25, 0.3) is 0 Å². The van der Waals surface area contributed by atoms with Gasteiger partial charge in [-0.15, -0.1) is 0 Å². The van der Waals surface area contributed by atoms with E-state index in [1.807, 2.05) is 54.1 Å². The van der Waals surface area contributed by atoms with Gasteiger partial charge < -0.3 is 15.0 Å². The SMILES string of the molecule is CNC1CCC2(CC1)CN(C(=O)CCn1cc(C)cn1)Cc1ccccc1O2. The molecule has 1 fully saturated rings. The highest BCUT2D eigenvalue weighted by molar-refractivity contribution is 5.76. The van der Waals surface area contributed by atoms with Gasteiger partial charge in [-0.2, -0.15) is 5.10 Å². The summed E-state index contributed by atoms with van der Waals surface area (Å²) in [4.78, 5) is 15.1. The van der Waals surface area contributed by atoms with Gasteiger partial charge in [0.1, 0.15) is 11.4 Å². The molecule has 6 nitrogen and oxygen atoms in total. The first-order chi connectivity index (χ1) is 13.6. The molecule has 1 aliphatic carbocycles. The lowest BCUT2D eigenvalue weighted by Crippen LogP contribution is -2.51. The molecule has 2 aromatic rings. The van der Waals surface area contributed by atoms with Crippen molar-refractivity contribution in [3.8, 4) is 5.75 Å². The number of aryl methyl sites for hydroxylation is 2. The third-order valence-electron chi connectivity index (χ3n) is 6.11. The van der Waals surface area contributed by atoms with E-state index in [4.69, 9.17) is 4.74 Å². The number of hydrogen-bond donors (Lipinski definition) is 1. The van der Waals surface area contributed by atoms with Crippen LogP contribution in [0.4, 0.5) is 0 Å². The van der Waals surface area contributed by atoms with E-state index in [1.165, 1.54) is 0 Å². The van der Waals surface area contributed by atoms with Gasteiger partial charge in [0.2, 0.25) is 5.91 Å². The van der Waals surface area contributed by atoms with Gasteiger partial charge in [0.25, 0.3) is 0 Å². The zero-order valence-electron chi connectivity index (χ0n) is 16.9. The van der Waals surface area contributed by atoms with Crippen molar-refractivity contribution in [1.82, 2.24) is 20.0 Å². The molecule has 1 spiro atoms. The second kappa shape index (κ2) is 7.95. The molecule has 1 N–H and O–H groups in total. The van der Waals surface area contributed by atoms with E-state index in [9.17, 15) is 4.79 Å². The fourth-order valence-corrected chi connectivity index (χ4v) is 4.44. The molecule has 0 unspecified atom stereocenters. The Hall–Kier alpha value is -2.34.